The molecular weight excluding hydrogens is 506 g/mol. The van der Waals surface area contributed by atoms with Gasteiger partial charge in [-0.05, 0) is 101 Å². The highest BCUT2D eigenvalue weighted by Crippen LogP contribution is 2.40. The Bertz CT molecular complexity index is 1120. The van der Waals surface area contributed by atoms with Gasteiger partial charge in [0.2, 0.25) is 0 Å². The van der Waals surface area contributed by atoms with Crippen LogP contribution in [-0.4, -0.2) is 13.1 Å². The quantitative estimate of drug-likeness (QED) is 0.197. The summed E-state index contributed by atoms with van der Waals surface area (Å²) in [6.45, 7) is 30.2. The molecule has 0 fully saturated rings. The fourth-order valence-corrected chi connectivity index (χ4v) is 6.71. The summed E-state index contributed by atoms with van der Waals surface area (Å²) in [4.78, 5) is 2.42. The topological polar surface area (TPSA) is 3.24 Å². The van der Waals surface area contributed by atoms with Crippen LogP contribution in [0, 0.1) is 22.7 Å². The molecule has 0 aliphatic heterocycles. The maximum Gasteiger partial charge on any atom is 0.0366 e. The van der Waals surface area contributed by atoms with Crippen LogP contribution in [0.2, 0.25) is 0 Å². The van der Waals surface area contributed by atoms with Crippen LogP contribution in [-0.2, 0) is 0 Å². The van der Waals surface area contributed by atoms with E-state index in [1.54, 1.807) is 0 Å². The summed E-state index contributed by atoms with van der Waals surface area (Å²) in [5.41, 5.74) is 8.96. The van der Waals surface area contributed by atoms with Crippen LogP contribution >= 0.6 is 0 Å². The number of anilines is 1. The van der Waals surface area contributed by atoms with Gasteiger partial charge in [0.05, 0.1) is 0 Å². The Balaban J connectivity index is 2.05. The van der Waals surface area contributed by atoms with Gasteiger partial charge < -0.3 is 4.90 Å². The van der Waals surface area contributed by atoms with Crippen LogP contribution in [0.1, 0.15) is 141 Å². The van der Waals surface area contributed by atoms with Gasteiger partial charge in [0.15, 0.2) is 0 Å². The van der Waals surface area contributed by atoms with Crippen molar-refractivity contribution in [3.05, 3.63) is 101 Å². The zero-order valence-electron chi connectivity index (χ0n) is 29.1. The zero-order valence-corrected chi connectivity index (χ0v) is 29.1. The zero-order chi connectivity index (χ0) is 31.2. The van der Waals surface area contributed by atoms with Gasteiger partial charge in [-0.2, -0.15) is 0 Å². The van der Waals surface area contributed by atoms with Crippen molar-refractivity contribution >= 4 is 5.69 Å². The van der Waals surface area contributed by atoms with Crippen molar-refractivity contribution in [2.45, 2.75) is 114 Å². The first-order chi connectivity index (χ1) is 19.6. The van der Waals surface area contributed by atoms with Gasteiger partial charge in [-0.15, -0.1) is 0 Å². The lowest BCUT2D eigenvalue weighted by atomic mass is 9.75. The van der Waals surface area contributed by atoms with Crippen molar-refractivity contribution in [3.63, 3.8) is 0 Å². The Morgan fingerprint density at radius 1 is 0.476 bits per heavy atom. The minimum Gasteiger partial charge on any atom is -0.372 e. The Morgan fingerprint density at radius 3 is 1.02 bits per heavy atom. The summed E-state index contributed by atoms with van der Waals surface area (Å²) >= 11 is 0. The van der Waals surface area contributed by atoms with Gasteiger partial charge in [0, 0.05) is 24.7 Å². The number of benzene rings is 3. The average molecular weight is 568 g/mol. The second kappa shape index (κ2) is 14.3. The van der Waals surface area contributed by atoms with Gasteiger partial charge in [-0.3, -0.25) is 0 Å². The molecule has 0 amide bonds. The molecule has 42 heavy (non-hydrogen) atoms. The van der Waals surface area contributed by atoms with E-state index in [2.05, 4.69) is 161 Å². The fourth-order valence-electron chi connectivity index (χ4n) is 6.71. The Labute approximate surface area is 260 Å². The molecule has 3 rings (SSSR count). The molecule has 2 unspecified atom stereocenters. The SMILES string of the molecule is CCN(CC)c1ccc(C(c2ccc(C(CC(C)(C)C)C(C)C)cc2)c2ccc(C(CC(C)(C)C)C(C)C)cc2)cc1. The van der Waals surface area contributed by atoms with Gasteiger partial charge in [0.1, 0.15) is 0 Å². The molecular formula is C41H61N. The lowest BCUT2D eigenvalue weighted by molar-refractivity contribution is 0.301. The van der Waals surface area contributed by atoms with Crippen molar-refractivity contribution in [1.29, 1.82) is 0 Å². The lowest BCUT2D eigenvalue weighted by Crippen LogP contribution is -2.21. The summed E-state index contributed by atoms with van der Waals surface area (Å²) in [6.07, 6.45) is 2.40. The molecule has 0 aliphatic rings. The minimum absolute atomic E-state index is 0.207. The third kappa shape index (κ3) is 9.23. The van der Waals surface area contributed by atoms with Crippen LogP contribution in [0.15, 0.2) is 72.8 Å². The van der Waals surface area contributed by atoms with E-state index < -0.39 is 0 Å². The smallest absolute Gasteiger partial charge is 0.0366 e. The molecule has 0 bridgehead atoms. The Morgan fingerprint density at radius 2 is 0.762 bits per heavy atom. The van der Waals surface area contributed by atoms with E-state index in [0.717, 1.165) is 13.1 Å². The molecule has 3 aromatic carbocycles. The van der Waals surface area contributed by atoms with Crippen LogP contribution in [0.25, 0.3) is 0 Å². The summed E-state index contributed by atoms with van der Waals surface area (Å²) in [7, 11) is 0. The molecule has 0 aliphatic carbocycles. The molecule has 1 heteroatoms. The predicted molar refractivity (Wildman–Crippen MR) is 187 cm³/mol. The summed E-state index contributed by atoms with van der Waals surface area (Å²) in [5.74, 6) is 2.59. The first-order valence-electron chi connectivity index (χ1n) is 16.7. The number of hydrogen-bond acceptors (Lipinski definition) is 1. The van der Waals surface area contributed by atoms with Crippen molar-refractivity contribution in [1.82, 2.24) is 0 Å². The molecule has 230 valence electrons. The van der Waals surface area contributed by atoms with E-state index in [9.17, 15) is 0 Å². The highest BCUT2D eigenvalue weighted by Gasteiger charge is 2.26. The number of nitrogens with zero attached hydrogens (tertiary/aromatic N) is 1. The van der Waals surface area contributed by atoms with Gasteiger partial charge in [-0.25, -0.2) is 0 Å². The summed E-state index contributed by atoms with van der Waals surface area (Å²) in [5, 5.41) is 0. The second-order valence-electron chi connectivity index (χ2n) is 15.8. The highest BCUT2D eigenvalue weighted by molar-refractivity contribution is 5.52. The van der Waals surface area contributed by atoms with E-state index in [0.29, 0.717) is 34.5 Å². The van der Waals surface area contributed by atoms with Crippen molar-refractivity contribution < 1.29 is 0 Å². The molecule has 0 N–H and O–H groups in total. The normalized spacial score (nSPS) is 14.7. The molecule has 0 radical (unpaired) electrons. The predicted octanol–water partition coefficient (Wildman–Crippen LogP) is 12.1. The number of rotatable bonds is 12. The highest BCUT2D eigenvalue weighted by atomic mass is 15.1. The van der Waals surface area contributed by atoms with E-state index in [1.165, 1.54) is 46.3 Å². The van der Waals surface area contributed by atoms with Crippen molar-refractivity contribution in [2.24, 2.45) is 22.7 Å². The molecule has 0 spiro atoms. The van der Waals surface area contributed by atoms with Crippen LogP contribution in [0.4, 0.5) is 5.69 Å². The number of hydrogen-bond donors (Lipinski definition) is 0. The third-order valence-corrected chi connectivity index (χ3v) is 9.02. The lowest BCUT2D eigenvalue weighted by Gasteiger charge is -2.30. The molecule has 2 atom stereocenters. The molecule has 0 aromatic heterocycles. The maximum absolute atomic E-state index is 2.42. The Hall–Kier alpha value is -2.54. The van der Waals surface area contributed by atoms with Crippen LogP contribution < -0.4 is 4.90 Å². The van der Waals surface area contributed by atoms with E-state index >= 15 is 0 Å². The molecule has 0 heterocycles. The summed E-state index contributed by atoms with van der Waals surface area (Å²) in [6, 6.07) is 28.6. The third-order valence-electron chi connectivity index (χ3n) is 9.02. The monoisotopic (exact) mass is 567 g/mol. The van der Waals surface area contributed by atoms with Gasteiger partial charge in [0.25, 0.3) is 0 Å². The first kappa shape index (κ1) is 34.0. The van der Waals surface area contributed by atoms with E-state index in [-0.39, 0.29) is 5.92 Å². The van der Waals surface area contributed by atoms with Crippen molar-refractivity contribution in [3.8, 4) is 0 Å². The molecule has 3 aromatic rings. The van der Waals surface area contributed by atoms with Crippen molar-refractivity contribution in [2.75, 3.05) is 18.0 Å². The van der Waals surface area contributed by atoms with E-state index in [4.69, 9.17) is 0 Å². The standard InChI is InChI=1S/C41H61N/c1-13-42(14-2)36-25-23-35(24-26-36)39(33-19-15-31(16-20-33)37(29(3)4)27-40(7,8)9)34-21-17-32(18-22-34)38(30(5)6)28-41(10,11)12/h15-26,29-30,37-39H,13-14,27-28H2,1-12H3. The van der Waals surface area contributed by atoms with E-state index in [1.807, 2.05) is 0 Å². The molecule has 1 nitrogen and oxygen atoms in total. The fraction of sp³-hybridized carbons (Fsp3) is 0.561. The molecule has 0 saturated heterocycles. The maximum atomic E-state index is 2.42. The average Bonchev–Trinajstić information content (AvgIpc) is 2.92. The van der Waals surface area contributed by atoms with Gasteiger partial charge in [-0.1, -0.05) is 130 Å². The second-order valence-corrected chi connectivity index (χ2v) is 15.8. The van der Waals surface area contributed by atoms with Gasteiger partial charge >= 0.3 is 0 Å². The largest absolute Gasteiger partial charge is 0.372 e. The minimum atomic E-state index is 0.207. The van der Waals surface area contributed by atoms with Crippen LogP contribution in [0.3, 0.4) is 0 Å². The summed E-state index contributed by atoms with van der Waals surface area (Å²) < 4.78 is 0. The van der Waals surface area contributed by atoms with Crippen LogP contribution in [0.5, 0.6) is 0 Å². The molecule has 0 saturated carbocycles. The Kier molecular flexibility index (Phi) is 11.6. The first-order valence-corrected chi connectivity index (χ1v) is 16.7.